The summed E-state index contributed by atoms with van der Waals surface area (Å²) in [5.74, 6) is 0.294. The molecule has 0 saturated heterocycles. The van der Waals surface area contributed by atoms with Crippen LogP contribution in [0, 0.1) is 0 Å². The maximum absolute atomic E-state index is 12.5. The summed E-state index contributed by atoms with van der Waals surface area (Å²) in [4.78, 5) is 0. The largest absolute Gasteiger partial charge is 0.489 e. The fraction of sp³-hybridized carbons (Fsp3) is 0.200. The van der Waals surface area contributed by atoms with Crippen LogP contribution < -0.4 is 4.74 Å². The molecule has 1 aliphatic heterocycles. The molecule has 0 saturated carbocycles. The van der Waals surface area contributed by atoms with Crippen LogP contribution in [0.3, 0.4) is 0 Å². The van der Waals surface area contributed by atoms with Gasteiger partial charge in [-0.3, -0.25) is 0 Å². The molecule has 0 atom stereocenters. The molecule has 74 valence electrons. The van der Waals surface area contributed by atoms with Gasteiger partial charge in [0.2, 0.25) is 0 Å². The zero-order chi connectivity index (χ0) is 10.2. The maximum atomic E-state index is 12.5. The van der Waals surface area contributed by atoms with E-state index < -0.39 is 11.7 Å². The molecule has 0 N–H and O–H groups in total. The number of alkyl halides is 3. The molecule has 0 amide bonds. The Morgan fingerprint density at radius 2 is 1.86 bits per heavy atom. The summed E-state index contributed by atoms with van der Waals surface area (Å²) in [6, 6.07) is 6.16. The second-order valence-electron chi connectivity index (χ2n) is 2.92. The van der Waals surface area contributed by atoms with E-state index in [1.54, 1.807) is 12.1 Å². The van der Waals surface area contributed by atoms with Crippen LogP contribution in [0.2, 0.25) is 0 Å². The first-order valence-corrected chi connectivity index (χ1v) is 4.08. The molecule has 0 fully saturated rings. The third-order valence-electron chi connectivity index (χ3n) is 2.01. The summed E-state index contributed by atoms with van der Waals surface area (Å²) < 4.78 is 42.6. The lowest BCUT2D eigenvalue weighted by Gasteiger charge is -2.20. The minimum Gasteiger partial charge on any atom is -0.489 e. The number of rotatable bonds is 0. The Balaban J connectivity index is 2.51. The summed E-state index contributed by atoms with van der Waals surface area (Å²) in [6.07, 6.45) is -3.25. The molecule has 1 aromatic carbocycles. The van der Waals surface area contributed by atoms with Crippen LogP contribution in [0.4, 0.5) is 13.2 Å². The SMILES string of the molecule is FC(F)(F)C1=CCOc2ccccc21. The van der Waals surface area contributed by atoms with Gasteiger partial charge >= 0.3 is 6.18 Å². The molecule has 0 aliphatic carbocycles. The van der Waals surface area contributed by atoms with Gasteiger partial charge in [-0.2, -0.15) is 13.2 Å². The van der Waals surface area contributed by atoms with Crippen LogP contribution >= 0.6 is 0 Å². The van der Waals surface area contributed by atoms with Gasteiger partial charge in [-0.1, -0.05) is 18.2 Å². The maximum Gasteiger partial charge on any atom is 0.416 e. The molecule has 1 aromatic rings. The van der Waals surface area contributed by atoms with E-state index in [1.807, 2.05) is 0 Å². The lowest BCUT2D eigenvalue weighted by molar-refractivity contribution is -0.0696. The Morgan fingerprint density at radius 3 is 2.57 bits per heavy atom. The fourth-order valence-corrected chi connectivity index (χ4v) is 1.41. The highest BCUT2D eigenvalue weighted by Crippen LogP contribution is 2.39. The number of halogens is 3. The van der Waals surface area contributed by atoms with Crippen LogP contribution in [0.25, 0.3) is 5.57 Å². The molecule has 0 bridgehead atoms. The van der Waals surface area contributed by atoms with Crippen molar-refractivity contribution < 1.29 is 17.9 Å². The standard InChI is InChI=1S/C10H7F3O/c11-10(12,13)8-5-6-14-9-4-2-1-3-7(8)9/h1-5H,6H2. The Labute approximate surface area is 78.8 Å². The van der Waals surface area contributed by atoms with Crippen LogP contribution in [0.1, 0.15) is 5.56 Å². The van der Waals surface area contributed by atoms with Gasteiger partial charge in [-0.05, 0) is 12.1 Å². The van der Waals surface area contributed by atoms with E-state index in [0.29, 0.717) is 5.75 Å². The number of fused-ring (bicyclic) bond motifs is 1. The number of allylic oxidation sites excluding steroid dienone is 1. The zero-order valence-electron chi connectivity index (χ0n) is 7.14. The number of benzene rings is 1. The highest BCUT2D eigenvalue weighted by molar-refractivity contribution is 5.75. The first-order valence-electron chi connectivity index (χ1n) is 4.08. The van der Waals surface area contributed by atoms with Crippen molar-refractivity contribution in [3.63, 3.8) is 0 Å². The van der Waals surface area contributed by atoms with E-state index in [2.05, 4.69) is 0 Å². The molecule has 1 nitrogen and oxygen atoms in total. The number of ether oxygens (including phenoxy) is 1. The van der Waals surface area contributed by atoms with Gasteiger partial charge in [0.25, 0.3) is 0 Å². The molecule has 1 aliphatic rings. The molecule has 4 heteroatoms. The quantitative estimate of drug-likeness (QED) is 0.625. The Bertz CT molecular complexity index is 379. The lowest BCUT2D eigenvalue weighted by atomic mass is 10.0. The number of hydrogen-bond donors (Lipinski definition) is 0. The first-order chi connectivity index (χ1) is 6.59. The van der Waals surface area contributed by atoms with E-state index in [4.69, 9.17) is 4.74 Å². The first kappa shape index (κ1) is 9.12. The van der Waals surface area contributed by atoms with Crippen LogP contribution in [0.5, 0.6) is 5.75 Å². The van der Waals surface area contributed by atoms with Crippen LogP contribution in [-0.4, -0.2) is 12.8 Å². The molecule has 0 aromatic heterocycles. The summed E-state index contributed by atoms with van der Waals surface area (Å²) in [5.41, 5.74) is -0.495. The second-order valence-corrected chi connectivity index (χ2v) is 2.92. The fourth-order valence-electron chi connectivity index (χ4n) is 1.41. The van der Waals surface area contributed by atoms with Crippen molar-refractivity contribution >= 4 is 5.57 Å². The Morgan fingerprint density at radius 1 is 1.14 bits per heavy atom. The average molecular weight is 200 g/mol. The van der Waals surface area contributed by atoms with Gasteiger partial charge in [0.1, 0.15) is 12.4 Å². The highest BCUT2D eigenvalue weighted by Gasteiger charge is 2.37. The Hall–Kier alpha value is -1.45. The minimum absolute atomic E-state index is 0.0220. The smallest absolute Gasteiger partial charge is 0.416 e. The molecule has 1 heterocycles. The molecule has 0 radical (unpaired) electrons. The van der Waals surface area contributed by atoms with Crippen molar-refractivity contribution in [2.45, 2.75) is 6.18 Å². The van der Waals surface area contributed by atoms with E-state index in [9.17, 15) is 13.2 Å². The van der Waals surface area contributed by atoms with Crippen molar-refractivity contribution in [1.29, 1.82) is 0 Å². The molecule has 0 spiro atoms. The third kappa shape index (κ3) is 1.47. The summed E-state index contributed by atoms with van der Waals surface area (Å²) in [6.45, 7) is -0.0220. The van der Waals surface area contributed by atoms with Gasteiger partial charge in [0, 0.05) is 5.56 Å². The van der Waals surface area contributed by atoms with Gasteiger partial charge in [-0.25, -0.2) is 0 Å². The summed E-state index contributed by atoms with van der Waals surface area (Å²) >= 11 is 0. The zero-order valence-corrected chi connectivity index (χ0v) is 7.14. The van der Waals surface area contributed by atoms with Crippen LogP contribution in [0.15, 0.2) is 30.3 Å². The van der Waals surface area contributed by atoms with Crippen molar-refractivity contribution in [3.05, 3.63) is 35.9 Å². The normalized spacial score (nSPS) is 15.5. The predicted molar refractivity (Wildman–Crippen MR) is 46.0 cm³/mol. The molecule has 0 unspecified atom stereocenters. The Kier molecular flexibility index (Phi) is 1.98. The predicted octanol–water partition coefficient (Wildman–Crippen LogP) is 3.02. The van der Waals surface area contributed by atoms with Gasteiger partial charge in [-0.15, -0.1) is 0 Å². The third-order valence-corrected chi connectivity index (χ3v) is 2.01. The van der Waals surface area contributed by atoms with Crippen molar-refractivity contribution in [1.82, 2.24) is 0 Å². The van der Waals surface area contributed by atoms with E-state index >= 15 is 0 Å². The van der Waals surface area contributed by atoms with Crippen LogP contribution in [-0.2, 0) is 0 Å². The van der Waals surface area contributed by atoms with E-state index in [-0.39, 0.29) is 12.2 Å². The average Bonchev–Trinajstić information content (AvgIpc) is 2.15. The van der Waals surface area contributed by atoms with E-state index in [1.165, 1.54) is 12.1 Å². The van der Waals surface area contributed by atoms with Gasteiger partial charge in [0.15, 0.2) is 0 Å². The van der Waals surface area contributed by atoms with E-state index in [0.717, 1.165) is 6.08 Å². The molecule has 14 heavy (non-hydrogen) atoms. The second kappa shape index (κ2) is 3.04. The van der Waals surface area contributed by atoms with Gasteiger partial charge < -0.3 is 4.74 Å². The lowest BCUT2D eigenvalue weighted by Crippen LogP contribution is -2.16. The van der Waals surface area contributed by atoms with Crippen molar-refractivity contribution in [2.24, 2.45) is 0 Å². The topological polar surface area (TPSA) is 9.23 Å². The minimum atomic E-state index is -4.31. The van der Waals surface area contributed by atoms with Crippen molar-refractivity contribution in [3.8, 4) is 5.75 Å². The van der Waals surface area contributed by atoms with Gasteiger partial charge in [0.05, 0.1) is 5.57 Å². The summed E-state index contributed by atoms with van der Waals surface area (Å²) in [7, 11) is 0. The molecular formula is C10H7F3O. The molecular weight excluding hydrogens is 193 g/mol. The van der Waals surface area contributed by atoms with Crippen molar-refractivity contribution in [2.75, 3.05) is 6.61 Å². The number of para-hydroxylation sites is 1. The molecule has 2 rings (SSSR count). The monoisotopic (exact) mass is 200 g/mol. The summed E-state index contributed by atoms with van der Waals surface area (Å²) in [5, 5.41) is 0. The number of hydrogen-bond acceptors (Lipinski definition) is 1. The highest BCUT2D eigenvalue weighted by atomic mass is 19.4.